The van der Waals surface area contributed by atoms with Gasteiger partial charge in [-0.05, 0) is 33.9 Å². The molecule has 0 heterocycles. The Bertz CT molecular complexity index is 135. The van der Waals surface area contributed by atoms with Gasteiger partial charge in [0.1, 0.15) is 0 Å². The van der Waals surface area contributed by atoms with Gasteiger partial charge in [0.05, 0.1) is 25.9 Å². The lowest BCUT2D eigenvalue weighted by Gasteiger charge is -2.06. The van der Waals surface area contributed by atoms with Crippen molar-refractivity contribution < 1.29 is 9.47 Å². The van der Waals surface area contributed by atoms with Crippen LogP contribution in [0.5, 0.6) is 0 Å². The molecule has 0 unspecified atom stereocenters. The highest BCUT2D eigenvalue weighted by molar-refractivity contribution is 4.81. The monoisotopic (exact) mass is 201 g/mol. The lowest BCUT2D eigenvalue weighted by Crippen LogP contribution is -2.09. The Morgan fingerprint density at radius 2 is 2.00 bits per heavy atom. The summed E-state index contributed by atoms with van der Waals surface area (Å²) in [5.41, 5.74) is 0. The Morgan fingerprint density at radius 1 is 1.21 bits per heavy atom. The summed E-state index contributed by atoms with van der Waals surface area (Å²) in [4.78, 5) is 0. The second kappa shape index (κ2) is 10.7. The van der Waals surface area contributed by atoms with E-state index in [1.54, 1.807) is 0 Å². The van der Waals surface area contributed by atoms with Crippen molar-refractivity contribution in [3.63, 3.8) is 0 Å². The average molecular weight is 201 g/mol. The Morgan fingerprint density at radius 3 is 2.64 bits per heavy atom. The van der Waals surface area contributed by atoms with Crippen LogP contribution in [0.1, 0.15) is 20.3 Å². The van der Waals surface area contributed by atoms with Gasteiger partial charge in [-0.25, -0.2) is 0 Å². The molecular formula is C11H23NO2. The van der Waals surface area contributed by atoms with Crippen molar-refractivity contribution in [1.82, 2.24) is 5.32 Å². The molecule has 0 aliphatic heterocycles. The standard InChI is InChI=1S/C11H23NO2/c1-11(2)14-10-9-13-8-6-4-5-7-12-3/h4,6,11-12H,5,7-10H2,1-3H3/b6-4+. The minimum atomic E-state index is 0.296. The first kappa shape index (κ1) is 13.6. The normalized spacial score (nSPS) is 11.7. The van der Waals surface area contributed by atoms with E-state index in [1.807, 2.05) is 27.0 Å². The highest BCUT2D eigenvalue weighted by atomic mass is 16.5. The van der Waals surface area contributed by atoms with Crippen LogP contribution in [-0.2, 0) is 9.47 Å². The van der Waals surface area contributed by atoms with Crippen molar-refractivity contribution in [3.05, 3.63) is 12.2 Å². The molecule has 0 aromatic heterocycles. The van der Waals surface area contributed by atoms with Gasteiger partial charge in [-0.15, -0.1) is 0 Å². The summed E-state index contributed by atoms with van der Waals surface area (Å²) in [6.07, 6.45) is 5.53. The summed E-state index contributed by atoms with van der Waals surface area (Å²) in [6, 6.07) is 0. The van der Waals surface area contributed by atoms with Gasteiger partial charge in [-0.3, -0.25) is 0 Å². The number of ether oxygens (including phenoxy) is 2. The Labute approximate surface area is 87.5 Å². The number of hydrogen-bond acceptors (Lipinski definition) is 3. The zero-order valence-corrected chi connectivity index (χ0v) is 9.58. The Kier molecular flexibility index (Phi) is 10.4. The molecule has 0 aliphatic rings. The van der Waals surface area contributed by atoms with Gasteiger partial charge in [-0.2, -0.15) is 0 Å². The molecule has 0 radical (unpaired) electrons. The number of nitrogens with one attached hydrogen (secondary N) is 1. The molecule has 0 amide bonds. The fourth-order valence-electron chi connectivity index (χ4n) is 0.908. The van der Waals surface area contributed by atoms with E-state index >= 15 is 0 Å². The highest BCUT2D eigenvalue weighted by Gasteiger charge is 1.91. The summed E-state index contributed by atoms with van der Waals surface area (Å²) < 4.78 is 10.7. The second-order valence-electron chi connectivity index (χ2n) is 3.36. The van der Waals surface area contributed by atoms with Crippen LogP contribution < -0.4 is 5.32 Å². The predicted molar refractivity (Wildman–Crippen MR) is 59.6 cm³/mol. The molecule has 84 valence electrons. The smallest absolute Gasteiger partial charge is 0.0704 e. The van der Waals surface area contributed by atoms with Crippen molar-refractivity contribution in [2.45, 2.75) is 26.4 Å². The molecule has 0 rings (SSSR count). The van der Waals surface area contributed by atoms with E-state index in [1.165, 1.54) is 0 Å². The quantitative estimate of drug-likeness (QED) is 0.454. The third-order valence-corrected chi connectivity index (χ3v) is 1.62. The van der Waals surface area contributed by atoms with Crippen molar-refractivity contribution in [2.24, 2.45) is 0 Å². The van der Waals surface area contributed by atoms with Crippen molar-refractivity contribution in [2.75, 3.05) is 33.4 Å². The lowest BCUT2D eigenvalue weighted by molar-refractivity contribution is 0.0268. The van der Waals surface area contributed by atoms with E-state index in [4.69, 9.17) is 9.47 Å². The van der Waals surface area contributed by atoms with Gasteiger partial charge in [-0.1, -0.05) is 12.2 Å². The van der Waals surface area contributed by atoms with Crippen LogP contribution in [0.25, 0.3) is 0 Å². The first-order chi connectivity index (χ1) is 6.77. The topological polar surface area (TPSA) is 30.5 Å². The van der Waals surface area contributed by atoms with Crippen LogP contribution >= 0.6 is 0 Å². The number of rotatable bonds is 9. The zero-order chi connectivity index (χ0) is 10.6. The summed E-state index contributed by atoms with van der Waals surface area (Å²) in [6.45, 7) is 7.12. The van der Waals surface area contributed by atoms with Gasteiger partial charge in [0.15, 0.2) is 0 Å². The minimum Gasteiger partial charge on any atom is -0.376 e. The van der Waals surface area contributed by atoms with E-state index in [2.05, 4.69) is 11.4 Å². The molecule has 0 aliphatic carbocycles. The van der Waals surface area contributed by atoms with Crippen LogP contribution in [0.4, 0.5) is 0 Å². The van der Waals surface area contributed by atoms with Crippen LogP contribution in [0, 0.1) is 0 Å². The fraction of sp³-hybridized carbons (Fsp3) is 0.818. The van der Waals surface area contributed by atoms with Crippen LogP contribution in [-0.4, -0.2) is 39.5 Å². The molecule has 0 atom stereocenters. The molecule has 0 saturated heterocycles. The van der Waals surface area contributed by atoms with Crippen molar-refractivity contribution in [3.8, 4) is 0 Å². The third-order valence-electron chi connectivity index (χ3n) is 1.62. The average Bonchev–Trinajstić information content (AvgIpc) is 2.15. The second-order valence-corrected chi connectivity index (χ2v) is 3.36. The maximum absolute atomic E-state index is 5.33. The molecule has 0 saturated carbocycles. The van der Waals surface area contributed by atoms with Crippen LogP contribution in [0.3, 0.4) is 0 Å². The number of hydrogen-bond donors (Lipinski definition) is 1. The molecule has 0 aromatic rings. The van der Waals surface area contributed by atoms with Crippen molar-refractivity contribution in [1.29, 1.82) is 0 Å². The SMILES string of the molecule is CNCC/C=C/COCCOC(C)C. The van der Waals surface area contributed by atoms with Gasteiger partial charge >= 0.3 is 0 Å². The maximum atomic E-state index is 5.33. The summed E-state index contributed by atoms with van der Waals surface area (Å²) in [7, 11) is 1.95. The molecular weight excluding hydrogens is 178 g/mol. The molecule has 14 heavy (non-hydrogen) atoms. The summed E-state index contributed by atoms with van der Waals surface area (Å²) in [5, 5.41) is 3.08. The van der Waals surface area contributed by atoms with Gasteiger partial charge in [0.25, 0.3) is 0 Å². The Hall–Kier alpha value is -0.380. The largest absolute Gasteiger partial charge is 0.376 e. The molecule has 0 fully saturated rings. The van der Waals surface area contributed by atoms with E-state index in [-0.39, 0.29) is 0 Å². The molecule has 0 bridgehead atoms. The maximum Gasteiger partial charge on any atom is 0.0704 e. The fourth-order valence-corrected chi connectivity index (χ4v) is 0.908. The van der Waals surface area contributed by atoms with Crippen molar-refractivity contribution >= 4 is 0 Å². The van der Waals surface area contributed by atoms with E-state index in [0.29, 0.717) is 25.9 Å². The lowest BCUT2D eigenvalue weighted by atomic mass is 10.4. The van der Waals surface area contributed by atoms with Gasteiger partial charge < -0.3 is 14.8 Å². The van der Waals surface area contributed by atoms with Gasteiger partial charge in [0, 0.05) is 0 Å². The predicted octanol–water partition coefficient (Wildman–Crippen LogP) is 1.59. The highest BCUT2D eigenvalue weighted by Crippen LogP contribution is 1.88. The third kappa shape index (κ3) is 11.6. The molecule has 3 heteroatoms. The summed E-state index contributed by atoms with van der Waals surface area (Å²) >= 11 is 0. The first-order valence-corrected chi connectivity index (χ1v) is 5.26. The molecule has 1 N–H and O–H groups in total. The Balaban J connectivity index is 3.01. The first-order valence-electron chi connectivity index (χ1n) is 5.26. The molecule has 0 aromatic carbocycles. The van der Waals surface area contributed by atoms with Crippen LogP contribution in [0.2, 0.25) is 0 Å². The van der Waals surface area contributed by atoms with E-state index in [0.717, 1.165) is 13.0 Å². The van der Waals surface area contributed by atoms with Gasteiger partial charge in [0.2, 0.25) is 0 Å². The zero-order valence-electron chi connectivity index (χ0n) is 9.58. The minimum absolute atomic E-state index is 0.296. The van der Waals surface area contributed by atoms with E-state index in [9.17, 15) is 0 Å². The van der Waals surface area contributed by atoms with E-state index < -0.39 is 0 Å². The van der Waals surface area contributed by atoms with Crippen LogP contribution in [0.15, 0.2) is 12.2 Å². The molecule has 3 nitrogen and oxygen atoms in total. The molecule has 0 spiro atoms. The summed E-state index contributed by atoms with van der Waals surface area (Å²) in [5.74, 6) is 0.